The lowest BCUT2D eigenvalue weighted by Crippen LogP contribution is -2.48. The number of furan rings is 1. The predicted octanol–water partition coefficient (Wildman–Crippen LogP) is 1.02. The average molecular weight is 313 g/mol. The third-order valence-corrected chi connectivity index (χ3v) is 4.45. The van der Waals surface area contributed by atoms with Crippen LogP contribution in [0.3, 0.4) is 0 Å². The molecule has 1 aromatic rings. The van der Waals surface area contributed by atoms with E-state index in [0.717, 1.165) is 31.3 Å². The summed E-state index contributed by atoms with van der Waals surface area (Å²) in [5.41, 5.74) is 0. The zero-order valence-corrected chi connectivity index (χ0v) is 13.1. The number of rotatable bonds is 2. The average Bonchev–Trinajstić information content (AvgIpc) is 3.24. The van der Waals surface area contributed by atoms with Crippen LogP contribution in [0, 0.1) is 0 Å². The second-order valence-corrected chi connectivity index (χ2v) is 5.96. The van der Waals surface area contributed by atoms with Gasteiger partial charge in [0.1, 0.15) is 11.7 Å². The highest BCUT2D eigenvalue weighted by Crippen LogP contribution is 2.19. The molecule has 4 rings (SSSR count). The van der Waals surface area contributed by atoms with Crippen molar-refractivity contribution < 1.29 is 9.21 Å². The quantitative estimate of drug-likeness (QED) is 0.818. The van der Waals surface area contributed by atoms with Crippen molar-refractivity contribution in [2.75, 3.05) is 32.7 Å². The molecular weight excluding hydrogens is 294 g/mol. The van der Waals surface area contributed by atoms with Crippen molar-refractivity contribution in [3.05, 3.63) is 36.1 Å². The molecule has 1 amide bonds. The predicted molar refractivity (Wildman–Crippen MR) is 86.4 cm³/mol. The molecule has 4 heterocycles. The van der Waals surface area contributed by atoms with Crippen molar-refractivity contribution in [2.24, 2.45) is 9.98 Å². The molecule has 3 aliphatic heterocycles. The summed E-state index contributed by atoms with van der Waals surface area (Å²) >= 11 is 0. The number of piperazine rings is 1. The monoisotopic (exact) mass is 313 g/mol. The molecule has 0 aromatic carbocycles. The number of aliphatic imine (C=N–C) groups is 2. The van der Waals surface area contributed by atoms with E-state index in [4.69, 9.17) is 4.42 Å². The van der Waals surface area contributed by atoms with Crippen LogP contribution in [0.1, 0.15) is 17.5 Å². The summed E-state index contributed by atoms with van der Waals surface area (Å²) in [4.78, 5) is 27.5. The number of carbonyl (C=O) groups excluding carboxylic acids is 1. The first-order chi connectivity index (χ1) is 11.2. The van der Waals surface area contributed by atoms with E-state index in [1.165, 1.54) is 6.26 Å². The Bertz CT molecular complexity index is 683. The van der Waals surface area contributed by atoms with E-state index >= 15 is 0 Å². The van der Waals surface area contributed by atoms with Crippen molar-refractivity contribution in [3.8, 4) is 0 Å². The summed E-state index contributed by atoms with van der Waals surface area (Å²) in [7, 11) is 0. The lowest BCUT2D eigenvalue weighted by Gasteiger charge is -2.36. The Hall–Kier alpha value is -2.57. The molecule has 1 aromatic heterocycles. The molecule has 120 valence electrons. The van der Waals surface area contributed by atoms with Gasteiger partial charge in [0.2, 0.25) is 0 Å². The summed E-state index contributed by atoms with van der Waals surface area (Å²) in [6.45, 7) is 5.81. The largest absolute Gasteiger partial charge is 0.459 e. The molecule has 1 fully saturated rings. The normalized spacial score (nSPS) is 23.7. The fourth-order valence-corrected chi connectivity index (χ4v) is 3.06. The molecule has 0 radical (unpaired) electrons. The van der Waals surface area contributed by atoms with E-state index in [2.05, 4.69) is 26.7 Å². The van der Waals surface area contributed by atoms with Crippen molar-refractivity contribution in [1.82, 2.24) is 14.7 Å². The van der Waals surface area contributed by atoms with E-state index in [0.29, 0.717) is 24.9 Å². The van der Waals surface area contributed by atoms with Gasteiger partial charge < -0.3 is 19.1 Å². The van der Waals surface area contributed by atoms with Crippen LogP contribution in [0.15, 0.2) is 44.7 Å². The van der Waals surface area contributed by atoms with Crippen LogP contribution in [0.4, 0.5) is 0 Å². The topological polar surface area (TPSA) is 64.6 Å². The third-order valence-electron chi connectivity index (χ3n) is 4.45. The van der Waals surface area contributed by atoms with Crippen LogP contribution in [0.25, 0.3) is 0 Å². The molecule has 0 unspecified atom stereocenters. The minimum Gasteiger partial charge on any atom is -0.459 e. The highest BCUT2D eigenvalue weighted by molar-refractivity contribution is 6.03. The summed E-state index contributed by atoms with van der Waals surface area (Å²) in [6, 6.07) is 3.82. The van der Waals surface area contributed by atoms with Gasteiger partial charge in [0.15, 0.2) is 5.76 Å². The van der Waals surface area contributed by atoms with Gasteiger partial charge in [-0.2, -0.15) is 0 Å². The first-order valence-corrected chi connectivity index (χ1v) is 7.89. The lowest BCUT2D eigenvalue weighted by molar-refractivity contribution is 0.0637. The molecule has 0 N–H and O–H groups in total. The molecule has 0 saturated carbocycles. The first-order valence-electron chi connectivity index (χ1n) is 7.89. The van der Waals surface area contributed by atoms with Gasteiger partial charge in [-0.15, -0.1) is 0 Å². The van der Waals surface area contributed by atoms with Gasteiger partial charge in [-0.25, -0.2) is 4.99 Å². The highest BCUT2D eigenvalue weighted by atomic mass is 16.3. The molecule has 1 atom stereocenters. The van der Waals surface area contributed by atoms with E-state index in [1.807, 2.05) is 17.3 Å². The second-order valence-electron chi connectivity index (χ2n) is 5.96. The van der Waals surface area contributed by atoms with Crippen LogP contribution in [0.5, 0.6) is 0 Å². The number of carbonyl (C=O) groups is 1. The van der Waals surface area contributed by atoms with E-state index in [-0.39, 0.29) is 5.91 Å². The van der Waals surface area contributed by atoms with E-state index in [9.17, 15) is 4.79 Å². The van der Waals surface area contributed by atoms with Crippen molar-refractivity contribution in [2.45, 2.75) is 13.0 Å². The Labute approximate surface area is 134 Å². The number of hydrogen-bond acceptors (Lipinski definition) is 6. The Balaban J connectivity index is 1.40. The van der Waals surface area contributed by atoms with Crippen LogP contribution in [-0.4, -0.2) is 71.5 Å². The Morgan fingerprint density at radius 1 is 1.30 bits per heavy atom. The summed E-state index contributed by atoms with van der Waals surface area (Å²) < 4.78 is 5.19. The van der Waals surface area contributed by atoms with Crippen LogP contribution < -0.4 is 0 Å². The van der Waals surface area contributed by atoms with E-state index in [1.54, 1.807) is 12.1 Å². The fraction of sp³-hybridized carbons (Fsp3) is 0.438. The maximum Gasteiger partial charge on any atom is 0.289 e. The molecule has 0 bridgehead atoms. The maximum absolute atomic E-state index is 12.3. The molecule has 7 heteroatoms. The van der Waals surface area contributed by atoms with Gasteiger partial charge in [0.05, 0.1) is 25.2 Å². The zero-order chi connectivity index (χ0) is 15.8. The van der Waals surface area contributed by atoms with Gasteiger partial charge in [-0.05, 0) is 19.1 Å². The lowest BCUT2D eigenvalue weighted by atomic mass is 10.2. The minimum atomic E-state index is -0.0454. The number of amides is 1. The minimum absolute atomic E-state index is 0.0454. The molecule has 7 nitrogen and oxygen atoms in total. The molecular formula is C16H19N5O2. The number of fused-ring (bicyclic) bond motifs is 1. The van der Waals surface area contributed by atoms with Gasteiger partial charge >= 0.3 is 0 Å². The van der Waals surface area contributed by atoms with Crippen molar-refractivity contribution in [3.63, 3.8) is 0 Å². The maximum atomic E-state index is 12.3. The SMILES string of the molecule is C[C@@H]1CN=C2C=C(N3CCN(C(=O)c4ccco4)CC3)N=CN21. The van der Waals surface area contributed by atoms with Gasteiger partial charge in [-0.1, -0.05) is 0 Å². The van der Waals surface area contributed by atoms with E-state index < -0.39 is 0 Å². The van der Waals surface area contributed by atoms with Gasteiger partial charge in [0.25, 0.3) is 5.91 Å². The second kappa shape index (κ2) is 5.57. The van der Waals surface area contributed by atoms with Gasteiger partial charge in [-0.3, -0.25) is 9.79 Å². The van der Waals surface area contributed by atoms with Crippen molar-refractivity contribution in [1.29, 1.82) is 0 Å². The summed E-state index contributed by atoms with van der Waals surface area (Å²) in [6.07, 6.45) is 5.43. The first kappa shape index (κ1) is 14.0. The Kier molecular flexibility index (Phi) is 3.40. The molecule has 23 heavy (non-hydrogen) atoms. The molecule has 0 aliphatic carbocycles. The fourth-order valence-electron chi connectivity index (χ4n) is 3.06. The zero-order valence-electron chi connectivity index (χ0n) is 13.1. The third kappa shape index (κ3) is 2.52. The molecule has 3 aliphatic rings. The smallest absolute Gasteiger partial charge is 0.289 e. The van der Waals surface area contributed by atoms with Crippen LogP contribution >= 0.6 is 0 Å². The van der Waals surface area contributed by atoms with Crippen molar-refractivity contribution >= 4 is 18.1 Å². The van der Waals surface area contributed by atoms with Crippen LogP contribution in [0.2, 0.25) is 0 Å². The number of hydrogen-bond donors (Lipinski definition) is 0. The number of amidine groups is 1. The van der Waals surface area contributed by atoms with Gasteiger partial charge in [0, 0.05) is 32.3 Å². The molecule has 0 spiro atoms. The van der Waals surface area contributed by atoms with Crippen LogP contribution in [-0.2, 0) is 0 Å². The Morgan fingerprint density at radius 3 is 2.87 bits per heavy atom. The number of nitrogens with zero attached hydrogens (tertiary/aromatic N) is 5. The standard InChI is InChI=1S/C16H19N5O2/c1-12-10-17-15-9-14(18-11-21(12)15)19-4-6-20(7-5-19)16(22)13-3-2-8-23-13/h2-3,8-9,11-12H,4-7,10H2,1H3/t12-/m1/s1. The highest BCUT2D eigenvalue weighted by Gasteiger charge is 2.28. The summed E-state index contributed by atoms with van der Waals surface area (Å²) in [5, 5.41) is 0. The Morgan fingerprint density at radius 2 is 2.13 bits per heavy atom. The molecule has 1 saturated heterocycles. The summed E-state index contributed by atoms with van der Waals surface area (Å²) in [5.74, 6) is 2.27.